The maximum atomic E-state index is 13.6. The Morgan fingerprint density at radius 2 is 1.83 bits per heavy atom. The lowest BCUT2D eigenvalue weighted by Crippen LogP contribution is -2.27. The molecular weight excluding hydrogens is 400 g/mol. The van der Waals surface area contributed by atoms with Gasteiger partial charge in [-0.25, -0.2) is 22.2 Å². The van der Waals surface area contributed by atoms with E-state index in [4.69, 9.17) is 10.5 Å². The monoisotopic (exact) mass is 421 g/mol. The molecule has 2 heterocycles. The Morgan fingerprint density at radius 1 is 1.17 bits per heavy atom. The van der Waals surface area contributed by atoms with Gasteiger partial charge in [0.15, 0.2) is 0 Å². The van der Waals surface area contributed by atoms with E-state index in [0.717, 1.165) is 0 Å². The third kappa shape index (κ3) is 3.33. The molecule has 2 N–H and O–H groups in total. The quantitative estimate of drug-likeness (QED) is 0.682. The minimum absolute atomic E-state index is 0.0322. The Hall–Kier alpha value is -2.68. The number of anilines is 1. The lowest BCUT2D eigenvalue weighted by atomic mass is 9.92. The van der Waals surface area contributed by atoms with E-state index in [1.54, 1.807) is 35.0 Å². The first-order valence-electron chi connectivity index (χ1n) is 9.26. The number of nitrogens with zero attached hydrogens (tertiary/aromatic N) is 2. The summed E-state index contributed by atoms with van der Waals surface area (Å²) in [7, 11) is -2.46. The van der Waals surface area contributed by atoms with Crippen molar-refractivity contribution in [3.05, 3.63) is 42.6 Å². The SMILES string of the molecule is COc1ccc(S(=O)(=O)c2c(N)n(C3CCC(F)(F)CC3)c3ncccc23)cc1. The predicted molar refractivity (Wildman–Crippen MR) is 105 cm³/mol. The summed E-state index contributed by atoms with van der Waals surface area (Å²) in [6.45, 7) is 0. The lowest BCUT2D eigenvalue weighted by molar-refractivity contribution is -0.0434. The van der Waals surface area contributed by atoms with Crippen LogP contribution in [-0.2, 0) is 9.84 Å². The van der Waals surface area contributed by atoms with Crippen LogP contribution in [0.3, 0.4) is 0 Å². The van der Waals surface area contributed by atoms with Crippen LogP contribution in [0.2, 0.25) is 0 Å². The van der Waals surface area contributed by atoms with Crippen molar-refractivity contribution in [2.75, 3.05) is 12.8 Å². The van der Waals surface area contributed by atoms with E-state index in [2.05, 4.69) is 4.98 Å². The highest BCUT2D eigenvalue weighted by Crippen LogP contribution is 2.44. The summed E-state index contributed by atoms with van der Waals surface area (Å²) in [6.07, 6.45) is 1.44. The van der Waals surface area contributed by atoms with Crippen LogP contribution in [0, 0.1) is 0 Å². The third-order valence-electron chi connectivity index (χ3n) is 5.44. The molecule has 9 heteroatoms. The van der Waals surface area contributed by atoms with Crippen LogP contribution in [0.1, 0.15) is 31.7 Å². The maximum absolute atomic E-state index is 13.6. The Bertz CT molecular complexity index is 1150. The molecule has 0 spiro atoms. The largest absolute Gasteiger partial charge is 0.497 e. The number of aromatic nitrogens is 2. The molecule has 0 bridgehead atoms. The molecule has 3 aromatic rings. The first-order chi connectivity index (χ1) is 13.7. The second kappa shape index (κ2) is 6.98. The number of nitrogens with two attached hydrogens (primary N) is 1. The Balaban J connectivity index is 1.86. The van der Waals surface area contributed by atoms with E-state index in [-0.39, 0.29) is 47.3 Å². The van der Waals surface area contributed by atoms with Gasteiger partial charge in [0, 0.05) is 30.5 Å². The minimum atomic E-state index is -3.95. The van der Waals surface area contributed by atoms with Gasteiger partial charge in [-0.15, -0.1) is 0 Å². The van der Waals surface area contributed by atoms with Gasteiger partial charge in [0.05, 0.1) is 12.0 Å². The smallest absolute Gasteiger partial charge is 0.248 e. The van der Waals surface area contributed by atoms with Crippen molar-refractivity contribution in [2.24, 2.45) is 0 Å². The van der Waals surface area contributed by atoms with Crippen molar-refractivity contribution in [2.45, 2.75) is 47.4 Å². The molecule has 1 fully saturated rings. The van der Waals surface area contributed by atoms with Crippen LogP contribution in [0.15, 0.2) is 52.4 Å². The zero-order valence-corrected chi connectivity index (χ0v) is 16.6. The Kier molecular flexibility index (Phi) is 4.72. The fraction of sp³-hybridized carbons (Fsp3) is 0.350. The van der Waals surface area contributed by atoms with Crippen LogP contribution < -0.4 is 10.5 Å². The van der Waals surface area contributed by atoms with Crippen LogP contribution in [0.25, 0.3) is 11.0 Å². The van der Waals surface area contributed by atoms with Gasteiger partial charge >= 0.3 is 0 Å². The molecule has 1 aromatic carbocycles. The summed E-state index contributed by atoms with van der Waals surface area (Å²) in [5.41, 5.74) is 6.72. The number of fused-ring (bicyclic) bond motifs is 1. The number of halogens is 2. The highest BCUT2D eigenvalue weighted by molar-refractivity contribution is 7.92. The molecule has 0 aliphatic heterocycles. The number of ether oxygens (including phenoxy) is 1. The van der Waals surface area contributed by atoms with Gasteiger partial charge in [0.1, 0.15) is 22.1 Å². The minimum Gasteiger partial charge on any atom is -0.497 e. The standard InChI is InChI=1S/C20H21F2N3O3S/c1-28-14-4-6-15(7-5-14)29(26,27)17-16-3-2-12-24-19(16)25(18(17)23)13-8-10-20(21,22)11-9-13/h2-7,12-13H,8-11,23H2,1H3. The van der Waals surface area contributed by atoms with Gasteiger partial charge in [0.2, 0.25) is 15.8 Å². The number of rotatable bonds is 4. The molecule has 0 amide bonds. The highest BCUT2D eigenvalue weighted by atomic mass is 32.2. The molecule has 4 rings (SSSR count). The molecular formula is C20H21F2N3O3S. The summed E-state index contributed by atoms with van der Waals surface area (Å²) in [6, 6.07) is 8.97. The van der Waals surface area contributed by atoms with Gasteiger partial charge in [-0.1, -0.05) is 0 Å². The average Bonchev–Trinajstić information content (AvgIpc) is 3.00. The van der Waals surface area contributed by atoms with Crippen LogP contribution >= 0.6 is 0 Å². The van der Waals surface area contributed by atoms with Gasteiger partial charge < -0.3 is 15.0 Å². The summed E-state index contributed by atoms with van der Waals surface area (Å²) in [4.78, 5) is 4.35. The molecule has 1 saturated carbocycles. The van der Waals surface area contributed by atoms with Crippen molar-refractivity contribution in [1.29, 1.82) is 0 Å². The molecule has 0 saturated heterocycles. The second-order valence-electron chi connectivity index (χ2n) is 7.23. The number of nitrogen functional groups attached to an aromatic ring is 1. The molecule has 0 radical (unpaired) electrons. The van der Waals surface area contributed by atoms with Crippen LogP contribution in [-0.4, -0.2) is 31.0 Å². The van der Waals surface area contributed by atoms with Crippen LogP contribution in [0.4, 0.5) is 14.6 Å². The van der Waals surface area contributed by atoms with Crippen molar-refractivity contribution in [3.63, 3.8) is 0 Å². The average molecular weight is 421 g/mol. The molecule has 1 aliphatic carbocycles. The fourth-order valence-corrected chi connectivity index (χ4v) is 5.49. The van der Waals surface area contributed by atoms with Crippen molar-refractivity contribution >= 4 is 26.7 Å². The number of methoxy groups -OCH3 is 1. The van der Waals surface area contributed by atoms with E-state index >= 15 is 0 Å². The summed E-state index contributed by atoms with van der Waals surface area (Å²) < 4.78 is 60.7. The number of hydrogen-bond donors (Lipinski definition) is 1. The first-order valence-corrected chi connectivity index (χ1v) is 10.7. The molecule has 154 valence electrons. The second-order valence-corrected chi connectivity index (χ2v) is 9.11. The van der Waals surface area contributed by atoms with Gasteiger partial charge in [-0.05, 0) is 49.2 Å². The van der Waals surface area contributed by atoms with E-state index in [0.29, 0.717) is 16.8 Å². The molecule has 1 aliphatic rings. The Morgan fingerprint density at radius 3 is 2.45 bits per heavy atom. The first kappa shape index (κ1) is 19.6. The van der Waals surface area contributed by atoms with E-state index in [1.807, 2.05) is 0 Å². The number of benzene rings is 1. The molecule has 29 heavy (non-hydrogen) atoms. The van der Waals surface area contributed by atoms with Crippen LogP contribution in [0.5, 0.6) is 5.75 Å². The summed E-state index contributed by atoms with van der Waals surface area (Å²) in [5, 5.41) is 0.387. The van der Waals surface area contributed by atoms with Gasteiger partial charge in [0.25, 0.3) is 0 Å². The molecule has 0 atom stereocenters. The number of sulfone groups is 1. The third-order valence-corrected chi connectivity index (χ3v) is 7.30. The fourth-order valence-electron chi connectivity index (χ4n) is 3.94. The number of pyridine rings is 1. The van der Waals surface area contributed by atoms with E-state index < -0.39 is 15.8 Å². The molecule has 6 nitrogen and oxygen atoms in total. The van der Waals surface area contributed by atoms with Crippen molar-refractivity contribution < 1.29 is 21.9 Å². The van der Waals surface area contributed by atoms with Crippen molar-refractivity contribution in [3.8, 4) is 5.75 Å². The van der Waals surface area contributed by atoms with Crippen molar-refractivity contribution in [1.82, 2.24) is 9.55 Å². The molecule has 0 unspecified atom stereocenters. The topological polar surface area (TPSA) is 87.2 Å². The normalized spacial score (nSPS) is 17.5. The highest BCUT2D eigenvalue weighted by Gasteiger charge is 2.38. The number of hydrogen-bond acceptors (Lipinski definition) is 5. The predicted octanol–water partition coefficient (Wildman–Crippen LogP) is 4.21. The van der Waals surface area contributed by atoms with E-state index in [9.17, 15) is 17.2 Å². The summed E-state index contributed by atoms with van der Waals surface area (Å²) >= 11 is 0. The number of alkyl halides is 2. The van der Waals surface area contributed by atoms with E-state index in [1.165, 1.54) is 19.2 Å². The zero-order valence-electron chi connectivity index (χ0n) is 15.8. The maximum Gasteiger partial charge on any atom is 0.248 e. The van der Waals surface area contributed by atoms with Gasteiger partial charge in [-0.3, -0.25) is 0 Å². The van der Waals surface area contributed by atoms with Gasteiger partial charge in [-0.2, -0.15) is 0 Å². The summed E-state index contributed by atoms with van der Waals surface area (Å²) in [5.74, 6) is -2.13. The zero-order chi connectivity index (χ0) is 20.8. The Labute approximate surface area is 167 Å². The molecule has 2 aromatic heterocycles. The lowest BCUT2D eigenvalue weighted by Gasteiger charge is -2.30.